The van der Waals surface area contributed by atoms with Gasteiger partial charge in [0.25, 0.3) is 0 Å². The van der Waals surface area contributed by atoms with Crippen LogP contribution < -0.4 is 0 Å². The maximum Gasteiger partial charge on any atom is 0.178 e. The second kappa shape index (κ2) is 2.29. The number of carbonyl (C=O) groups excluding carboxylic acids is 1. The Labute approximate surface area is 52.9 Å². The fraction of sp³-hybridized carbons (Fsp3) is 0.500. The highest BCUT2D eigenvalue weighted by Gasteiger charge is 2.20. The lowest BCUT2D eigenvalue weighted by molar-refractivity contribution is -0.126. The highest BCUT2D eigenvalue weighted by atomic mass is 16.6. The predicted molar refractivity (Wildman–Crippen MR) is 30.7 cm³/mol. The van der Waals surface area contributed by atoms with Crippen molar-refractivity contribution in [2.45, 2.75) is 19.3 Å². The van der Waals surface area contributed by atoms with Gasteiger partial charge in [-0.1, -0.05) is 0 Å². The van der Waals surface area contributed by atoms with Crippen LogP contribution in [0, 0.1) is 0 Å². The van der Waals surface area contributed by atoms with Crippen LogP contribution in [0.4, 0.5) is 0 Å². The Hall–Kier alpha value is -0.670. The quantitative estimate of drug-likeness (QED) is 0.394. The summed E-state index contributed by atoms with van der Waals surface area (Å²) in [6.07, 6.45) is 0.831. The van der Waals surface area contributed by atoms with Crippen molar-refractivity contribution in [2.75, 3.05) is 0 Å². The van der Waals surface area contributed by atoms with Crippen LogP contribution in [0.1, 0.15) is 6.92 Å². The first-order valence-corrected chi connectivity index (χ1v) is 2.71. The largest absolute Gasteiger partial charge is 0.364 e. The van der Waals surface area contributed by atoms with Gasteiger partial charge in [-0.25, -0.2) is 0 Å². The molecule has 3 nitrogen and oxygen atoms in total. The molecule has 0 aliphatic carbocycles. The van der Waals surface area contributed by atoms with E-state index in [1.807, 2.05) is 0 Å². The zero-order chi connectivity index (χ0) is 6.85. The van der Waals surface area contributed by atoms with E-state index in [4.69, 9.17) is 9.84 Å². The van der Waals surface area contributed by atoms with E-state index in [1.54, 1.807) is 13.0 Å². The summed E-state index contributed by atoms with van der Waals surface area (Å²) in [7, 11) is 0. The number of aliphatic hydroxyl groups excluding tert-OH is 1. The average molecular weight is 128 g/mol. The molecule has 2 atom stereocenters. The summed E-state index contributed by atoms with van der Waals surface area (Å²) in [6.45, 7) is 1.72. The van der Waals surface area contributed by atoms with Crippen LogP contribution in [0.15, 0.2) is 11.6 Å². The third-order valence-corrected chi connectivity index (χ3v) is 1.24. The van der Waals surface area contributed by atoms with Crippen LogP contribution >= 0.6 is 0 Å². The molecule has 0 aromatic heterocycles. The fourth-order valence-corrected chi connectivity index (χ4v) is 0.708. The molecule has 0 radical (unpaired) electrons. The minimum absolute atomic E-state index is 0.542. The zero-order valence-corrected chi connectivity index (χ0v) is 5.07. The lowest BCUT2D eigenvalue weighted by atomic mass is 10.3. The molecule has 1 aliphatic heterocycles. The molecule has 1 heterocycles. The van der Waals surface area contributed by atoms with Crippen molar-refractivity contribution in [1.29, 1.82) is 0 Å². The zero-order valence-electron chi connectivity index (χ0n) is 5.07. The molecule has 9 heavy (non-hydrogen) atoms. The molecular weight excluding hydrogens is 120 g/mol. The minimum Gasteiger partial charge on any atom is -0.364 e. The molecule has 0 spiro atoms. The predicted octanol–water partition coefficient (Wildman–Crippen LogP) is -0.151. The second-order valence-electron chi connectivity index (χ2n) is 2.00. The molecule has 2 unspecified atom stereocenters. The van der Waals surface area contributed by atoms with Crippen molar-refractivity contribution in [1.82, 2.24) is 0 Å². The van der Waals surface area contributed by atoms with E-state index >= 15 is 0 Å². The van der Waals surface area contributed by atoms with Crippen molar-refractivity contribution in [2.24, 2.45) is 0 Å². The monoisotopic (exact) mass is 128 g/mol. The summed E-state index contributed by atoms with van der Waals surface area (Å²) >= 11 is 0. The van der Waals surface area contributed by atoms with Gasteiger partial charge in [-0.05, 0) is 18.6 Å². The van der Waals surface area contributed by atoms with Gasteiger partial charge in [0, 0.05) is 0 Å². The van der Waals surface area contributed by atoms with Gasteiger partial charge >= 0.3 is 0 Å². The molecule has 0 aromatic carbocycles. The number of ether oxygens (including phenoxy) is 1. The molecule has 3 heteroatoms. The number of hydrogen-bond acceptors (Lipinski definition) is 3. The van der Waals surface area contributed by atoms with E-state index in [0.717, 1.165) is 0 Å². The van der Waals surface area contributed by atoms with Crippen LogP contribution in [-0.4, -0.2) is 23.8 Å². The van der Waals surface area contributed by atoms with Crippen LogP contribution in [0.25, 0.3) is 0 Å². The normalized spacial score (nSPS) is 34.2. The Balaban J connectivity index is 2.62. The summed E-state index contributed by atoms with van der Waals surface area (Å²) < 4.78 is 4.72. The Morgan fingerprint density at radius 2 is 2.56 bits per heavy atom. The molecule has 1 rings (SSSR count). The molecule has 0 aromatic rings. The van der Waals surface area contributed by atoms with Crippen molar-refractivity contribution >= 4 is 6.29 Å². The van der Waals surface area contributed by atoms with E-state index in [2.05, 4.69) is 0 Å². The van der Waals surface area contributed by atoms with E-state index in [0.29, 0.717) is 11.9 Å². The van der Waals surface area contributed by atoms with Gasteiger partial charge in [0.1, 0.15) is 6.10 Å². The Morgan fingerprint density at radius 3 is 2.78 bits per heavy atom. The van der Waals surface area contributed by atoms with Gasteiger partial charge in [-0.3, -0.25) is 0 Å². The number of aldehydes is 1. The molecule has 0 fully saturated rings. The topological polar surface area (TPSA) is 46.5 Å². The Bertz CT molecular complexity index is 150. The minimum atomic E-state index is -0.875. The smallest absolute Gasteiger partial charge is 0.178 e. The summed E-state index contributed by atoms with van der Waals surface area (Å²) in [4.78, 5) is 10.0. The summed E-state index contributed by atoms with van der Waals surface area (Å²) in [5.74, 6) is 0. The highest BCUT2D eigenvalue weighted by molar-refractivity contribution is 5.60. The number of carbonyl (C=O) groups is 1. The van der Waals surface area contributed by atoms with Crippen molar-refractivity contribution in [3.8, 4) is 0 Å². The highest BCUT2D eigenvalue weighted by Crippen LogP contribution is 2.14. The maximum atomic E-state index is 10.0. The van der Waals surface area contributed by atoms with E-state index in [1.165, 1.54) is 0 Å². The Morgan fingerprint density at radius 1 is 1.89 bits per heavy atom. The van der Waals surface area contributed by atoms with Crippen LogP contribution in [0.2, 0.25) is 0 Å². The van der Waals surface area contributed by atoms with E-state index < -0.39 is 12.4 Å². The lowest BCUT2D eigenvalue weighted by Crippen LogP contribution is -2.13. The summed E-state index contributed by atoms with van der Waals surface area (Å²) in [6, 6.07) is 0. The van der Waals surface area contributed by atoms with Gasteiger partial charge in [-0.2, -0.15) is 0 Å². The van der Waals surface area contributed by atoms with Gasteiger partial charge in [0.05, 0.1) is 0 Å². The lowest BCUT2D eigenvalue weighted by Gasteiger charge is -2.03. The first-order chi connectivity index (χ1) is 4.24. The van der Waals surface area contributed by atoms with E-state index in [9.17, 15) is 4.79 Å². The summed E-state index contributed by atoms with van der Waals surface area (Å²) in [5.41, 5.74) is 0.701. The van der Waals surface area contributed by atoms with E-state index in [-0.39, 0.29) is 0 Å². The molecular formula is C6H8O3. The van der Waals surface area contributed by atoms with Gasteiger partial charge < -0.3 is 14.6 Å². The first-order valence-electron chi connectivity index (χ1n) is 2.71. The molecule has 0 saturated heterocycles. The maximum absolute atomic E-state index is 10.0. The van der Waals surface area contributed by atoms with Gasteiger partial charge in [0.2, 0.25) is 0 Å². The fourth-order valence-electron chi connectivity index (χ4n) is 0.708. The first kappa shape index (κ1) is 6.45. The van der Waals surface area contributed by atoms with Crippen molar-refractivity contribution < 1.29 is 14.6 Å². The van der Waals surface area contributed by atoms with Gasteiger partial charge in [-0.15, -0.1) is 0 Å². The molecule has 1 N–H and O–H groups in total. The number of aliphatic hydroxyl groups is 1. The number of hydrogen-bond donors (Lipinski definition) is 1. The molecule has 0 amide bonds. The third kappa shape index (κ3) is 1.17. The SMILES string of the molecule is CC1=CC(C=O)OC1O. The second-order valence-corrected chi connectivity index (χ2v) is 2.00. The molecule has 50 valence electrons. The number of rotatable bonds is 1. The average Bonchev–Trinajstić information content (AvgIpc) is 2.13. The molecule has 1 aliphatic rings. The molecule has 0 saturated carbocycles. The standard InChI is InChI=1S/C6H8O3/c1-4-2-5(3-7)9-6(4)8/h2-3,5-6,8H,1H3. The van der Waals surface area contributed by atoms with Crippen molar-refractivity contribution in [3.05, 3.63) is 11.6 Å². The summed E-state index contributed by atoms with van der Waals surface area (Å²) in [5, 5.41) is 8.85. The Kier molecular flexibility index (Phi) is 1.64. The van der Waals surface area contributed by atoms with Crippen LogP contribution in [-0.2, 0) is 9.53 Å². The van der Waals surface area contributed by atoms with Crippen LogP contribution in [0.5, 0.6) is 0 Å². The van der Waals surface area contributed by atoms with Gasteiger partial charge in [0.15, 0.2) is 12.6 Å². The van der Waals surface area contributed by atoms with Crippen molar-refractivity contribution in [3.63, 3.8) is 0 Å². The third-order valence-electron chi connectivity index (χ3n) is 1.24. The molecule has 0 bridgehead atoms. The van der Waals surface area contributed by atoms with Crippen LogP contribution in [0.3, 0.4) is 0 Å².